The summed E-state index contributed by atoms with van der Waals surface area (Å²) in [5.41, 5.74) is 2.60. The number of hydrogen-bond acceptors (Lipinski definition) is 5. The van der Waals surface area contributed by atoms with Crippen LogP contribution in [0.1, 0.15) is 28.5 Å². The van der Waals surface area contributed by atoms with Crippen molar-refractivity contribution in [3.8, 4) is 0 Å². The maximum Gasteiger partial charge on any atom is 0.0900 e. The summed E-state index contributed by atoms with van der Waals surface area (Å²) in [5.74, 6) is 0. The Morgan fingerprint density at radius 1 is 1.12 bits per heavy atom. The molecule has 1 aromatic carbocycles. The Bertz CT molecular complexity index is 662. The van der Waals surface area contributed by atoms with Crippen molar-refractivity contribution in [3.63, 3.8) is 0 Å². The van der Waals surface area contributed by atoms with E-state index in [0.29, 0.717) is 6.04 Å². The van der Waals surface area contributed by atoms with Crippen LogP contribution >= 0.6 is 11.3 Å². The average Bonchev–Trinajstić information content (AvgIpc) is 2.98. The van der Waals surface area contributed by atoms with Crippen LogP contribution in [0.15, 0.2) is 30.3 Å². The van der Waals surface area contributed by atoms with E-state index in [2.05, 4.69) is 72.9 Å². The highest BCUT2D eigenvalue weighted by atomic mass is 32.1. The number of rotatable bonds is 6. The topological polar surface area (TPSA) is 22.6 Å². The van der Waals surface area contributed by atoms with Gasteiger partial charge in [-0.05, 0) is 40.0 Å². The summed E-state index contributed by atoms with van der Waals surface area (Å²) in [6.45, 7) is 13.3. The average molecular weight is 359 g/mol. The number of benzene rings is 1. The molecule has 2 aromatic rings. The van der Waals surface area contributed by atoms with Crippen LogP contribution in [0.25, 0.3) is 0 Å². The number of aromatic nitrogens is 1. The summed E-state index contributed by atoms with van der Waals surface area (Å²) in [6, 6.07) is 11.1. The van der Waals surface area contributed by atoms with Gasteiger partial charge in [0.1, 0.15) is 0 Å². The van der Waals surface area contributed by atoms with E-state index in [4.69, 9.17) is 4.98 Å². The number of piperazine rings is 1. The Labute approximate surface area is 156 Å². The van der Waals surface area contributed by atoms with E-state index in [1.54, 1.807) is 11.3 Å². The fourth-order valence-electron chi connectivity index (χ4n) is 3.50. The molecule has 0 N–H and O–H groups in total. The summed E-state index contributed by atoms with van der Waals surface area (Å²) in [7, 11) is 2.22. The quantitative estimate of drug-likeness (QED) is 0.787. The molecule has 3 rings (SSSR count). The third-order valence-corrected chi connectivity index (χ3v) is 6.16. The SMILES string of the molecule is Cc1nc(C(C)N(C)CCN2CCN(c3ccccc3)CC2)c(C)s1. The van der Waals surface area contributed by atoms with Crippen molar-refractivity contribution >= 4 is 17.0 Å². The number of nitrogens with zero attached hydrogens (tertiary/aromatic N) is 4. The molecule has 1 atom stereocenters. The van der Waals surface area contributed by atoms with E-state index < -0.39 is 0 Å². The first-order valence-electron chi connectivity index (χ1n) is 9.21. The standard InChI is InChI=1S/C20H30N4S/c1-16(20-17(2)25-18(3)21-20)22(4)10-11-23-12-14-24(15-13-23)19-8-6-5-7-9-19/h5-9,16H,10-15H2,1-4H3. The molecule has 1 aliphatic rings. The maximum atomic E-state index is 4.73. The second-order valence-electron chi connectivity index (χ2n) is 7.00. The van der Waals surface area contributed by atoms with Gasteiger partial charge in [-0.3, -0.25) is 9.80 Å². The molecule has 0 radical (unpaired) electrons. The summed E-state index contributed by atoms with van der Waals surface area (Å²) < 4.78 is 0. The smallest absolute Gasteiger partial charge is 0.0900 e. The van der Waals surface area contributed by atoms with Crippen LogP contribution in [0.4, 0.5) is 5.69 Å². The van der Waals surface area contributed by atoms with Gasteiger partial charge in [-0.15, -0.1) is 11.3 Å². The third-order valence-electron chi connectivity index (χ3n) is 5.26. The molecular weight excluding hydrogens is 328 g/mol. The Morgan fingerprint density at radius 3 is 2.40 bits per heavy atom. The zero-order valence-corrected chi connectivity index (χ0v) is 16.7. The number of hydrogen-bond donors (Lipinski definition) is 0. The van der Waals surface area contributed by atoms with Crippen molar-refractivity contribution in [1.82, 2.24) is 14.8 Å². The predicted octanol–water partition coefficient (Wildman–Crippen LogP) is 3.57. The van der Waals surface area contributed by atoms with E-state index in [1.165, 1.54) is 21.3 Å². The van der Waals surface area contributed by atoms with Crippen LogP contribution in [0.2, 0.25) is 0 Å². The van der Waals surface area contributed by atoms with Crippen LogP contribution in [0, 0.1) is 13.8 Å². The summed E-state index contributed by atoms with van der Waals surface area (Å²) in [5, 5.41) is 1.17. The Hall–Kier alpha value is -1.43. The summed E-state index contributed by atoms with van der Waals surface area (Å²) in [4.78, 5) is 13.6. The minimum atomic E-state index is 0.385. The van der Waals surface area contributed by atoms with Gasteiger partial charge >= 0.3 is 0 Å². The van der Waals surface area contributed by atoms with Crippen molar-refractivity contribution < 1.29 is 0 Å². The van der Waals surface area contributed by atoms with Crippen molar-refractivity contribution in [3.05, 3.63) is 45.9 Å². The van der Waals surface area contributed by atoms with E-state index in [1.807, 2.05) is 0 Å². The van der Waals surface area contributed by atoms with Crippen molar-refractivity contribution in [2.24, 2.45) is 0 Å². The van der Waals surface area contributed by atoms with E-state index >= 15 is 0 Å². The van der Waals surface area contributed by atoms with Crippen molar-refractivity contribution in [2.75, 3.05) is 51.2 Å². The highest BCUT2D eigenvalue weighted by Gasteiger charge is 2.20. The molecule has 1 fully saturated rings. The molecule has 1 unspecified atom stereocenters. The van der Waals surface area contributed by atoms with Crippen LogP contribution in [-0.4, -0.2) is 61.1 Å². The van der Waals surface area contributed by atoms with E-state index in [0.717, 1.165) is 39.3 Å². The fourth-order valence-corrected chi connectivity index (χ4v) is 4.41. The fraction of sp³-hybridized carbons (Fsp3) is 0.550. The lowest BCUT2D eigenvalue weighted by atomic mass is 10.2. The molecule has 0 aliphatic carbocycles. The molecule has 1 aliphatic heterocycles. The first kappa shape index (κ1) is 18.4. The highest BCUT2D eigenvalue weighted by molar-refractivity contribution is 7.11. The lowest BCUT2D eigenvalue weighted by Gasteiger charge is -2.37. The molecule has 5 heteroatoms. The maximum absolute atomic E-state index is 4.73. The van der Waals surface area contributed by atoms with Gasteiger partial charge in [0.2, 0.25) is 0 Å². The second-order valence-corrected chi connectivity index (χ2v) is 8.40. The Balaban J connectivity index is 1.46. The van der Waals surface area contributed by atoms with Gasteiger partial charge in [0, 0.05) is 49.8 Å². The molecule has 1 aromatic heterocycles. The van der Waals surface area contributed by atoms with Gasteiger partial charge < -0.3 is 4.90 Å². The Kier molecular flexibility index (Phi) is 6.10. The van der Waals surface area contributed by atoms with Crippen LogP contribution < -0.4 is 4.90 Å². The van der Waals surface area contributed by atoms with E-state index in [9.17, 15) is 0 Å². The molecule has 0 bridgehead atoms. The van der Waals surface area contributed by atoms with Gasteiger partial charge in [0.15, 0.2) is 0 Å². The molecule has 2 heterocycles. The predicted molar refractivity (Wildman–Crippen MR) is 108 cm³/mol. The molecule has 4 nitrogen and oxygen atoms in total. The van der Waals surface area contributed by atoms with Crippen LogP contribution in [0.5, 0.6) is 0 Å². The van der Waals surface area contributed by atoms with Gasteiger partial charge in [-0.1, -0.05) is 18.2 Å². The lowest BCUT2D eigenvalue weighted by molar-refractivity contribution is 0.188. The molecule has 0 spiro atoms. The first-order valence-corrected chi connectivity index (χ1v) is 10.0. The Morgan fingerprint density at radius 2 is 1.80 bits per heavy atom. The first-order chi connectivity index (χ1) is 12.0. The molecule has 0 amide bonds. The van der Waals surface area contributed by atoms with Crippen molar-refractivity contribution in [2.45, 2.75) is 26.8 Å². The summed E-state index contributed by atoms with van der Waals surface area (Å²) >= 11 is 1.81. The second kappa shape index (κ2) is 8.30. The van der Waals surface area contributed by atoms with Gasteiger partial charge in [0.05, 0.1) is 16.7 Å². The number of aryl methyl sites for hydroxylation is 2. The zero-order valence-electron chi connectivity index (χ0n) is 15.9. The molecule has 136 valence electrons. The van der Waals surface area contributed by atoms with Crippen LogP contribution in [-0.2, 0) is 0 Å². The molecule has 25 heavy (non-hydrogen) atoms. The number of thiazole rings is 1. The largest absolute Gasteiger partial charge is 0.369 e. The minimum absolute atomic E-state index is 0.385. The van der Waals surface area contributed by atoms with Crippen LogP contribution in [0.3, 0.4) is 0 Å². The van der Waals surface area contributed by atoms with Gasteiger partial charge in [-0.2, -0.15) is 0 Å². The zero-order chi connectivity index (χ0) is 17.8. The van der Waals surface area contributed by atoms with E-state index in [-0.39, 0.29) is 0 Å². The lowest BCUT2D eigenvalue weighted by Crippen LogP contribution is -2.48. The normalized spacial score (nSPS) is 17.2. The summed E-state index contributed by atoms with van der Waals surface area (Å²) in [6.07, 6.45) is 0. The molecule has 0 saturated carbocycles. The van der Waals surface area contributed by atoms with Gasteiger partial charge in [0.25, 0.3) is 0 Å². The highest BCUT2D eigenvalue weighted by Crippen LogP contribution is 2.25. The minimum Gasteiger partial charge on any atom is -0.369 e. The monoisotopic (exact) mass is 358 g/mol. The number of para-hydroxylation sites is 1. The molecule has 1 saturated heterocycles. The molecular formula is C20H30N4S. The number of likely N-dealkylation sites (N-methyl/N-ethyl adjacent to an activating group) is 1. The third kappa shape index (κ3) is 4.60. The van der Waals surface area contributed by atoms with Crippen molar-refractivity contribution in [1.29, 1.82) is 0 Å². The number of anilines is 1. The van der Waals surface area contributed by atoms with Gasteiger partial charge in [-0.25, -0.2) is 4.98 Å².